The van der Waals surface area contributed by atoms with Gasteiger partial charge in [-0.3, -0.25) is 28.8 Å². The number of nitrogens with two attached hydrogens (primary N) is 2. The second-order valence-electron chi connectivity index (χ2n) is 5.88. The Morgan fingerprint density at radius 2 is 1.12 bits per heavy atom. The zero-order valence-corrected chi connectivity index (χ0v) is 18.1. The molecule has 0 aromatic carbocycles. The van der Waals surface area contributed by atoms with Gasteiger partial charge in [-0.05, 0) is 19.4 Å². The predicted octanol–water partition coefficient (Wildman–Crippen LogP) is -1.37. The summed E-state index contributed by atoms with van der Waals surface area (Å²) in [4.78, 5) is 78.4. The first-order valence-corrected chi connectivity index (χ1v) is 9.37. The minimum Gasteiger partial charge on any atom is -0.481 e. The van der Waals surface area contributed by atoms with Crippen LogP contribution in [-0.2, 0) is 38.4 Å². The van der Waals surface area contributed by atoms with Crippen LogP contribution in [0.1, 0.15) is 51.4 Å². The van der Waals surface area contributed by atoms with E-state index in [2.05, 4.69) is 0 Å². The second-order valence-corrected chi connectivity index (χ2v) is 5.88. The van der Waals surface area contributed by atoms with Gasteiger partial charge in [0.2, 0.25) is 5.78 Å². The van der Waals surface area contributed by atoms with Gasteiger partial charge in [0.15, 0.2) is 0 Å². The van der Waals surface area contributed by atoms with Crippen LogP contribution < -0.4 is 11.5 Å². The zero-order valence-electron chi connectivity index (χ0n) is 18.1. The molecule has 0 rings (SSSR count). The molecule has 0 bridgehead atoms. The number of aldehydes is 1. The van der Waals surface area contributed by atoms with E-state index in [1.165, 1.54) is 0 Å². The van der Waals surface area contributed by atoms with Crippen LogP contribution in [0.3, 0.4) is 0 Å². The number of hydrogen-bond acceptors (Lipinski definition) is 10. The average Bonchev–Trinajstić information content (AvgIpc) is 2.73. The molecule has 34 heavy (non-hydrogen) atoms. The van der Waals surface area contributed by atoms with Gasteiger partial charge < -0.3 is 46.9 Å². The van der Waals surface area contributed by atoms with Gasteiger partial charge in [-0.2, -0.15) is 0 Å². The molecule has 0 aliphatic carbocycles. The van der Waals surface area contributed by atoms with Gasteiger partial charge in [-0.15, -0.1) is 0 Å². The van der Waals surface area contributed by atoms with E-state index in [0.29, 0.717) is 19.3 Å². The third-order valence-corrected chi connectivity index (χ3v) is 2.86. The lowest BCUT2D eigenvalue weighted by Gasteiger charge is -2.01. The van der Waals surface area contributed by atoms with Crippen molar-refractivity contribution >= 4 is 47.9 Å². The number of hydrogen-bond donors (Lipinski definition) is 8. The van der Waals surface area contributed by atoms with E-state index >= 15 is 0 Å². The van der Waals surface area contributed by atoms with Crippen LogP contribution in [-0.4, -0.2) is 91.1 Å². The number of rotatable bonds is 14. The topological polar surface area (TPSA) is 310 Å². The van der Waals surface area contributed by atoms with Gasteiger partial charge >= 0.3 is 35.8 Å². The Morgan fingerprint density at radius 3 is 1.35 bits per heavy atom. The van der Waals surface area contributed by atoms with Crippen LogP contribution in [0.2, 0.25) is 0 Å². The molecule has 16 nitrogen and oxygen atoms in total. The molecular weight excluding hydrogens is 468 g/mol. The summed E-state index contributed by atoms with van der Waals surface area (Å²) in [7, 11) is 0. The van der Waals surface area contributed by atoms with E-state index in [1.807, 2.05) is 0 Å². The monoisotopic (exact) mass is 498 g/mol. The molecule has 0 aromatic rings. The summed E-state index contributed by atoms with van der Waals surface area (Å²) in [5, 5.41) is 48.1. The Bertz CT molecular complexity index is 678. The minimum absolute atomic E-state index is 0.0231. The molecule has 0 fully saturated rings. The molecule has 10 N–H and O–H groups in total. The molecule has 0 saturated carbocycles. The van der Waals surface area contributed by atoms with Crippen molar-refractivity contribution in [3.63, 3.8) is 0 Å². The first-order valence-electron chi connectivity index (χ1n) is 9.37. The molecular formula is C18H30N2O14. The summed E-state index contributed by atoms with van der Waals surface area (Å²) in [5.41, 5.74) is 10.0. The molecule has 196 valence electrons. The highest BCUT2D eigenvalue weighted by Gasteiger charge is 2.12. The lowest BCUT2D eigenvalue weighted by Crippen LogP contribution is -2.30. The maximum absolute atomic E-state index is 10.2. The minimum atomic E-state index is -1.58. The quantitative estimate of drug-likeness (QED) is 0.101. The number of aliphatic carboxylic acids is 6. The van der Waals surface area contributed by atoms with Crippen LogP contribution in [0.25, 0.3) is 0 Å². The Kier molecular flexibility index (Phi) is 27.9. The first-order chi connectivity index (χ1) is 15.6. The van der Waals surface area contributed by atoms with Gasteiger partial charge in [0.1, 0.15) is 12.3 Å². The van der Waals surface area contributed by atoms with Crippen LogP contribution in [0.5, 0.6) is 0 Å². The number of carboxylic acids is 6. The summed E-state index contributed by atoms with van der Waals surface area (Å²) in [6.45, 7) is 0.465. The van der Waals surface area contributed by atoms with Crippen LogP contribution in [0.4, 0.5) is 0 Å². The maximum Gasteiger partial charge on any atom is 0.372 e. The molecule has 1 atom stereocenters. The Labute approximate surface area is 193 Å². The summed E-state index contributed by atoms with van der Waals surface area (Å²) < 4.78 is 0. The molecule has 0 aromatic heterocycles. The summed E-state index contributed by atoms with van der Waals surface area (Å²) in [5.74, 6) is -7.71. The van der Waals surface area contributed by atoms with Gasteiger partial charge in [0, 0.05) is 25.7 Å². The van der Waals surface area contributed by atoms with E-state index in [1.54, 1.807) is 0 Å². The summed E-state index contributed by atoms with van der Waals surface area (Å²) >= 11 is 0. The fourth-order valence-corrected chi connectivity index (χ4v) is 1.17. The predicted molar refractivity (Wildman–Crippen MR) is 111 cm³/mol. The Morgan fingerprint density at radius 1 is 0.676 bits per heavy atom. The number of carboxylic acid groups (broad SMARTS) is 6. The third kappa shape index (κ3) is 42.2. The molecule has 1 unspecified atom stereocenters. The second kappa shape index (κ2) is 25.3. The standard InChI is InChI=1S/C5H9NO4.C5H6O5.C4H9NO2.C4H6O3/c2*6-3(5(9)10)1-2-4(7)8;2*5-3-1-2-4(6)7/h3H,1-2,6H2,(H,7,8)(H,9,10);1-2H2,(H,7,8)(H,9,10);1-3,5H2,(H,6,7);3H,1-2H2,(H,6,7). The molecule has 16 heteroatoms. The number of ketones is 1. The average molecular weight is 498 g/mol. The van der Waals surface area contributed by atoms with Crippen molar-refractivity contribution in [1.29, 1.82) is 0 Å². The molecule has 0 aliphatic rings. The van der Waals surface area contributed by atoms with Crippen molar-refractivity contribution < 1.29 is 69.0 Å². The van der Waals surface area contributed by atoms with Gasteiger partial charge in [-0.25, -0.2) is 4.79 Å². The van der Waals surface area contributed by atoms with Gasteiger partial charge in [0.05, 0.1) is 12.8 Å². The third-order valence-electron chi connectivity index (χ3n) is 2.86. The normalized spacial score (nSPS) is 9.71. The van der Waals surface area contributed by atoms with E-state index in [9.17, 15) is 38.4 Å². The van der Waals surface area contributed by atoms with Crippen molar-refractivity contribution in [2.75, 3.05) is 6.54 Å². The van der Waals surface area contributed by atoms with E-state index < -0.39 is 60.5 Å². The van der Waals surface area contributed by atoms with E-state index in [4.69, 9.17) is 42.1 Å². The van der Waals surface area contributed by atoms with Crippen molar-refractivity contribution in [3.05, 3.63) is 0 Å². The van der Waals surface area contributed by atoms with Gasteiger partial charge in [0.25, 0.3) is 0 Å². The molecule has 0 radical (unpaired) electrons. The molecule has 0 spiro atoms. The molecule has 0 heterocycles. The SMILES string of the molecule is NC(CCC(=O)O)C(=O)O.NCCCC(=O)O.O=C(O)CCC(=O)C(=O)O.O=CCCC(=O)O. The number of carbonyl (C=O) groups excluding carboxylic acids is 2. The van der Waals surface area contributed by atoms with Crippen molar-refractivity contribution in [2.24, 2.45) is 11.5 Å². The summed E-state index contributed by atoms with van der Waals surface area (Å²) in [6, 6.07) is -1.06. The highest BCUT2D eigenvalue weighted by molar-refractivity contribution is 6.32. The summed E-state index contributed by atoms with van der Waals surface area (Å²) in [6.07, 6.45) is 0.340. The van der Waals surface area contributed by atoms with Crippen LogP contribution in [0, 0.1) is 0 Å². The number of carbonyl (C=O) groups is 8. The van der Waals surface area contributed by atoms with E-state index in [0.717, 1.165) is 0 Å². The maximum atomic E-state index is 10.2. The van der Waals surface area contributed by atoms with E-state index in [-0.39, 0.29) is 32.1 Å². The zero-order chi connectivity index (χ0) is 27.7. The van der Waals surface area contributed by atoms with Crippen molar-refractivity contribution in [2.45, 2.75) is 57.4 Å². The van der Waals surface area contributed by atoms with Crippen LogP contribution in [0.15, 0.2) is 0 Å². The highest BCUT2D eigenvalue weighted by atomic mass is 16.4. The van der Waals surface area contributed by atoms with Crippen molar-refractivity contribution in [3.8, 4) is 0 Å². The Balaban J connectivity index is -0.000000179. The molecule has 0 saturated heterocycles. The molecule has 0 amide bonds. The van der Waals surface area contributed by atoms with Gasteiger partial charge in [-0.1, -0.05) is 0 Å². The fraction of sp³-hybridized carbons (Fsp3) is 0.556. The lowest BCUT2D eigenvalue weighted by molar-refractivity contribution is -0.150. The lowest BCUT2D eigenvalue weighted by atomic mass is 10.2. The smallest absolute Gasteiger partial charge is 0.372 e. The first kappa shape index (κ1) is 37.4. The fourth-order valence-electron chi connectivity index (χ4n) is 1.17. The van der Waals surface area contributed by atoms with Crippen LogP contribution >= 0.6 is 0 Å². The number of Topliss-reactive ketones (excluding diaryl/α,β-unsaturated/α-hetero) is 1. The molecule has 0 aliphatic heterocycles. The highest BCUT2D eigenvalue weighted by Crippen LogP contribution is 1.93. The largest absolute Gasteiger partial charge is 0.481 e. The van der Waals surface area contributed by atoms with Crippen molar-refractivity contribution in [1.82, 2.24) is 0 Å². The Hall–Kier alpha value is -3.92.